The molecule has 0 aliphatic rings. The van der Waals surface area contributed by atoms with Crippen molar-refractivity contribution in [2.24, 2.45) is 0 Å². The van der Waals surface area contributed by atoms with Crippen LogP contribution in [0.1, 0.15) is 50.3 Å². The lowest BCUT2D eigenvalue weighted by atomic mass is 10.1. The summed E-state index contributed by atoms with van der Waals surface area (Å²) in [5.74, 6) is 2.05. The molecule has 0 aliphatic heterocycles. The summed E-state index contributed by atoms with van der Waals surface area (Å²) in [4.78, 5) is 7.28. The van der Waals surface area contributed by atoms with Gasteiger partial charge < -0.3 is 10.2 Å². The number of nitrogens with one attached hydrogen (secondary N) is 1. The monoisotopic (exact) mass is 365 g/mol. The van der Waals surface area contributed by atoms with Crippen LogP contribution in [0, 0.1) is 13.8 Å². The molecule has 0 unspecified atom stereocenters. The highest BCUT2D eigenvalue weighted by molar-refractivity contribution is 5.71. The third-order valence-electron chi connectivity index (χ3n) is 4.92. The Morgan fingerprint density at radius 2 is 1.78 bits per heavy atom. The van der Waals surface area contributed by atoms with Crippen molar-refractivity contribution >= 4 is 23.0 Å². The van der Waals surface area contributed by atoms with E-state index in [1.807, 2.05) is 16.8 Å². The van der Waals surface area contributed by atoms with Gasteiger partial charge in [-0.2, -0.15) is 9.61 Å². The van der Waals surface area contributed by atoms with Crippen molar-refractivity contribution in [1.29, 1.82) is 0 Å². The summed E-state index contributed by atoms with van der Waals surface area (Å²) in [6, 6.07) is 8.53. The first kappa shape index (κ1) is 19.2. The molecular weight excluding hydrogens is 334 g/mol. The predicted molar refractivity (Wildman–Crippen MR) is 114 cm³/mol. The average molecular weight is 366 g/mol. The fraction of sp³-hybridized carbons (Fsp3) is 0.455. The quantitative estimate of drug-likeness (QED) is 0.590. The molecule has 0 amide bonds. The SMILES string of the molecule is CCCN(CCC)c1c(C)c(Nc2ccc(C)cc2CC)nc2ccnn12. The smallest absolute Gasteiger partial charge is 0.159 e. The van der Waals surface area contributed by atoms with Gasteiger partial charge in [0.1, 0.15) is 11.6 Å². The van der Waals surface area contributed by atoms with Gasteiger partial charge in [0.15, 0.2) is 5.65 Å². The van der Waals surface area contributed by atoms with Crippen LogP contribution in [-0.4, -0.2) is 27.7 Å². The molecule has 5 heteroatoms. The summed E-state index contributed by atoms with van der Waals surface area (Å²) in [6.07, 6.45) is 5.02. The van der Waals surface area contributed by atoms with Gasteiger partial charge in [0.05, 0.1) is 6.20 Å². The van der Waals surface area contributed by atoms with Gasteiger partial charge in [0.25, 0.3) is 0 Å². The van der Waals surface area contributed by atoms with E-state index in [0.29, 0.717) is 0 Å². The summed E-state index contributed by atoms with van der Waals surface area (Å²) in [6.45, 7) is 12.9. The van der Waals surface area contributed by atoms with Crippen molar-refractivity contribution in [2.45, 2.75) is 53.9 Å². The third-order valence-corrected chi connectivity index (χ3v) is 4.92. The fourth-order valence-corrected chi connectivity index (χ4v) is 3.63. The molecule has 0 fully saturated rings. The van der Waals surface area contributed by atoms with Crippen molar-refractivity contribution < 1.29 is 0 Å². The van der Waals surface area contributed by atoms with Gasteiger partial charge in [-0.15, -0.1) is 0 Å². The average Bonchev–Trinajstić information content (AvgIpc) is 3.11. The molecule has 3 aromatic rings. The normalized spacial score (nSPS) is 11.1. The Kier molecular flexibility index (Phi) is 5.99. The van der Waals surface area contributed by atoms with Crippen molar-refractivity contribution in [3.63, 3.8) is 0 Å². The molecule has 0 atom stereocenters. The Bertz CT molecular complexity index is 906. The van der Waals surface area contributed by atoms with Gasteiger partial charge in [0, 0.05) is 30.4 Å². The van der Waals surface area contributed by atoms with Crippen molar-refractivity contribution in [3.8, 4) is 0 Å². The number of anilines is 3. The van der Waals surface area contributed by atoms with E-state index in [2.05, 4.69) is 68.1 Å². The summed E-state index contributed by atoms with van der Waals surface area (Å²) < 4.78 is 1.97. The van der Waals surface area contributed by atoms with Gasteiger partial charge in [-0.3, -0.25) is 0 Å². The van der Waals surface area contributed by atoms with Crippen LogP contribution in [0.15, 0.2) is 30.5 Å². The maximum Gasteiger partial charge on any atom is 0.159 e. The van der Waals surface area contributed by atoms with E-state index >= 15 is 0 Å². The van der Waals surface area contributed by atoms with Crippen LogP contribution >= 0.6 is 0 Å². The number of nitrogens with zero attached hydrogens (tertiary/aromatic N) is 4. The number of benzene rings is 1. The van der Waals surface area contributed by atoms with E-state index in [9.17, 15) is 0 Å². The molecule has 0 spiro atoms. The number of fused-ring (bicyclic) bond motifs is 1. The Morgan fingerprint density at radius 3 is 2.44 bits per heavy atom. The van der Waals surface area contributed by atoms with E-state index in [4.69, 9.17) is 4.98 Å². The Labute approximate surface area is 162 Å². The molecule has 27 heavy (non-hydrogen) atoms. The topological polar surface area (TPSA) is 45.5 Å². The molecule has 3 rings (SSSR count). The van der Waals surface area contributed by atoms with Crippen molar-refractivity contribution in [3.05, 3.63) is 47.2 Å². The molecule has 2 heterocycles. The first-order valence-corrected chi connectivity index (χ1v) is 10.0. The molecular formula is C22H31N5. The molecule has 1 N–H and O–H groups in total. The molecule has 2 aromatic heterocycles. The zero-order valence-corrected chi connectivity index (χ0v) is 17.2. The largest absolute Gasteiger partial charge is 0.356 e. The van der Waals surface area contributed by atoms with E-state index in [-0.39, 0.29) is 0 Å². The molecule has 144 valence electrons. The fourth-order valence-electron chi connectivity index (χ4n) is 3.63. The zero-order chi connectivity index (χ0) is 19.4. The number of aryl methyl sites for hydroxylation is 2. The van der Waals surface area contributed by atoms with Gasteiger partial charge in [-0.05, 0) is 44.7 Å². The second-order valence-electron chi connectivity index (χ2n) is 7.14. The molecule has 1 aromatic carbocycles. The number of aromatic nitrogens is 3. The molecule has 0 saturated heterocycles. The molecule has 0 aliphatic carbocycles. The van der Waals surface area contributed by atoms with Crippen LogP contribution in [0.25, 0.3) is 5.65 Å². The number of hydrogen-bond donors (Lipinski definition) is 1. The lowest BCUT2D eigenvalue weighted by molar-refractivity contribution is 0.712. The number of hydrogen-bond acceptors (Lipinski definition) is 4. The van der Waals surface area contributed by atoms with Gasteiger partial charge in [0.2, 0.25) is 0 Å². The highest BCUT2D eigenvalue weighted by Crippen LogP contribution is 2.30. The lowest BCUT2D eigenvalue weighted by Gasteiger charge is -2.27. The minimum atomic E-state index is 0.875. The second-order valence-corrected chi connectivity index (χ2v) is 7.14. The van der Waals surface area contributed by atoms with E-state index < -0.39 is 0 Å². The Hall–Kier alpha value is -2.56. The molecule has 5 nitrogen and oxygen atoms in total. The minimum Gasteiger partial charge on any atom is -0.356 e. The Morgan fingerprint density at radius 1 is 1.04 bits per heavy atom. The van der Waals surface area contributed by atoms with Crippen LogP contribution in [-0.2, 0) is 6.42 Å². The highest BCUT2D eigenvalue weighted by atomic mass is 15.4. The third kappa shape index (κ3) is 3.92. The van der Waals surface area contributed by atoms with Crippen LogP contribution in [0.4, 0.5) is 17.3 Å². The van der Waals surface area contributed by atoms with E-state index in [1.54, 1.807) is 0 Å². The Balaban J connectivity index is 2.10. The first-order valence-electron chi connectivity index (χ1n) is 10.0. The predicted octanol–water partition coefficient (Wildman–Crippen LogP) is 5.28. The maximum atomic E-state index is 4.85. The van der Waals surface area contributed by atoms with Gasteiger partial charge in [-0.25, -0.2) is 4.98 Å². The van der Waals surface area contributed by atoms with Crippen LogP contribution in [0.3, 0.4) is 0 Å². The molecule has 0 radical (unpaired) electrons. The number of rotatable bonds is 8. The minimum absolute atomic E-state index is 0.875. The second kappa shape index (κ2) is 8.42. The van der Waals surface area contributed by atoms with Crippen LogP contribution in [0.2, 0.25) is 0 Å². The molecule has 0 bridgehead atoms. The summed E-state index contributed by atoms with van der Waals surface area (Å²) >= 11 is 0. The van der Waals surface area contributed by atoms with Gasteiger partial charge in [-0.1, -0.05) is 38.5 Å². The lowest BCUT2D eigenvalue weighted by Crippen LogP contribution is -2.28. The standard InChI is InChI=1S/C22H31N5/c1-6-13-26(14-7-2)22-17(5)21(25-20-11-12-23-27(20)22)24-19-10-9-16(4)15-18(19)8-3/h9-12,15H,6-8,13-14H2,1-5H3,(H,24,25). The van der Waals surface area contributed by atoms with E-state index in [1.165, 1.54) is 11.1 Å². The van der Waals surface area contributed by atoms with Crippen molar-refractivity contribution in [1.82, 2.24) is 14.6 Å². The van der Waals surface area contributed by atoms with Crippen LogP contribution < -0.4 is 10.2 Å². The van der Waals surface area contributed by atoms with E-state index in [0.717, 1.165) is 60.9 Å². The van der Waals surface area contributed by atoms with Gasteiger partial charge >= 0.3 is 0 Å². The van der Waals surface area contributed by atoms with Crippen molar-refractivity contribution in [2.75, 3.05) is 23.3 Å². The summed E-state index contributed by atoms with van der Waals surface area (Å²) in [5, 5.41) is 8.14. The molecule has 0 saturated carbocycles. The van der Waals surface area contributed by atoms with Crippen LogP contribution in [0.5, 0.6) is 0 Å². The maximum absolute atomic E-state index is 4.85. The summed E-state index contributed by atoms with van der Waals surface area (Å²) in [5.41, 5.74) is 5.73. The first-order chi connectivity index (χ1) is 13.1. The summed E-state index contributed by atoms with van der Waals surface area (Å²) in [7, 11) is 0. The highest BCUT2D eigenvalue weighted by Gasteiger charge is 2.18. The zero-order valence-electron chi connectivity index (χ0n) is 17.2.